The van der Waals surface area contributed by atoms with Crippen molar-refractivity contribution in [2.75, 3.05) is 23.3 Å². The Hall–Kier alpha value is -3.12. The maximum atomic E-state index is 12.4. The molecule has 1 unspecified atom stereocenters. The Balaban J connectivity index is 1.36. The van der Waals surface area contributed by atoms with Crippen molar-refractivity contribution in [3.05, 3.63) is 65.7 Å². The van der Waals surface area contributed by atoms with E-state index in [1.54, 1.807) is 31.2 Å². The summed E-state index contributed by atoms with van der Waals surface area (Å²) in [4.78, 5) is 14.7. The van der Waals surface area contributed by atoms with Crippen LogP contribution in [0.3, 0.4) is 0 Å². The molecular weight excluding hydrogens is 400 g/mol. The summed E-state index contributed by atoms with van der Waals surface area (Å²) in [5.74, 6) is 1.24. The minimum atomic E-state index is -0.660. The van der Waals surface area contributed by atoms with Crippen LogP contribution in [-0.2, 0) is 4.79 Å². The van der Waals surface area contributed by atoms with E-state index < -0.39 is 6.10 Å². The fraction of sp³-hybridized carbons (Fsp3) is 0.261. The molecule has 0 aliphatic carbocycles. The van der Waals surface area contributed by atoms with Crippen molar-refractivity contribution in [3.8, 4) is 17.0 Å². The van der Waals surface area contributed by atoms with Crippen molar-refractivity contribution in [1.82, 2.24) is 10.2 Å². The Morgan fingerprint density at radius 1 is 1.07 bits per heavy atom. The molecule has 1 aromatic heterocycles. The number of halogens is 1. The van der Waals surface area contributed by atoms with Crippen molar-refractivity contribution >= 4 is 29.0 Å². The van der Waals surface area contributed by atoms with Gasteiger partial charge in [-0.15, -0.1) is 10.2 Å². The zero-order chi connectivity index (χ0) is 20.9. The average molecular weight is 423 g/mol. The van der Waals surface area contributed by atoms with E-state index in [2.05, 4.69) is 20.4 Å². The number of anilines is 2. The molecule has 3 aromatic rings. The highest BCUT2D eigenvalue weighted by Gasteiger charge is 2.16. The zero-order valence-corrected chi connectivity index (χ0v) is 17.5. The number of rotatable bonds is 6. The fourth-order valence-electron chi connectivity index (χ4n) is 3.36. The second-order valence-electron chi connectivity index (χ2n) is 7.25. The normalized spacial score (nSPS) is 14.4. The summed E-state index contributed by atoms with van der Waals surface area (Å²) in [5.41, 5.74) is 2.43. The predicted octanol–water partition coefficient (Wildman–Crippen LogP) is 4.80. The van der Waals surface area contributed by atoms with Crippen LogP contribution in [0.5, 0.6) is 5.75 Å². The first kappa shape index (κ1) is 20.2. The SMILES string of the molecule is CC(Oc1cccc(Cl)c1)C(=O)Nc1ccc(-c2ccc(N3CCCC3)nn2)cc1. The molecule has 1 N–H and O–H groups in total. The standard InChI is InChI=1S/C23H23ClN4O2/c1-16(30-20-6-4-5-18(24)15-20)23(29)25-19-9-7-17(8-10-19)21-11-12-22(27-26-21)28-13-2-3-14-28/h4-12,15-16H,2-3,13-14H2,1H3,(H,25,29). The van der Waals surface area contributed by atoms with Gasteiger partial charge in [0.15, 0.2) is 11.9 Å². The monoisotopic (exact) mass is 422 g/mol. The molecule has 0 radical (unpaired) electrons. The van der Waals surface area contributed by atoms with Gasteiger partial charge < -0.3 is 15.0 Å². The molecule has 1 fully saturated rings. The fourth-order valence-corrected chi connectivity index (χ4v) is 3.54. The summed E-state index contributed by atoms with van der Waals surface area (Å²) in [7, 11) is 0. The van der Waals surface area contributed by atoms with Crippen molar-refractivity contribution in [2.24, 2.45) is 0 Å². The molecule has 154 valence electrons. The molecule has 2 aromatic carbocycles. The van der Waals surface area contributed by atoms with Gasteiger partial charge in [-0.25, -0.2) is 0 Å². The summed E-state index contributed by atoms with van der Waals surface area (Å²) in [6.07, 6.45) is 1.76. The zero-order valence-electron chi connectivity index (χ0n) is 16.7. The number of nitrogens with one attached hydrogen (secondary N) is 1. The summed E-state index contributed by atoms with van der Waals surface area (Å²) >= 11 is 5.95. The van der Waals surface area contributed by atoms with Gasteiger partial charge in [-0.05, 0) is 62.2 Å². The lowest BCUT2D eigenvalue weighted by molar-refractivity contribution is -0.122. The van der Waals surface area contributed by atoms with E-state index in [-0.39, 0.29) is 5.91 Å². The lowest BCUT2D eigenvalue weighted by Crippen LogP contribution is -2.30. The van der Waals surface area contributed by atoms with Crippen LogP contribution >= 0.6 is 11.6 Å². The van der Waals surface area contributed by atoms with Crippen LogP contribution in [0.2, 0.25) is 5.02 Å². The number of benzene rings is 2. The third kappa shape index (κ3) is 4.89. The van der Waals surface area contributed by atoms with Gasteiger partial charge >= 0.3 is 0 Å². The minimum absolute atomic E-state index is 0.238. The maximum Gasteiger partial charge on any atom is 0.265 e. The molecule has 1 aliphatic heterocycles. The van der Waals surface area contributed by atoms with E-state index in [4.69, 9.17) is 16.3 Å². The second kappa shape index (κ2) is 9.13. The highest BCUT2D eigenvalue weighted by molar-refractivity contribution is 6.30. The van der Waals surface area contributed by atoms with Crippen LogP contribution < -0.4 is 15.0 Å². The smallest absolute Gasteiger partial charge is 0.265 e. The average Bonchev–Trinajstić information content (AvgIpc) is 3.29. The van der Waals surface area contributed by atoms with E-state index in [1.807, 2.05) is 36.4 Å². The summed E-state index contributed by atoms with van der Waals surface area (Å²) in [6, 6.07) is 18.5. The van der Waals surface area contributed by atoms with E-state index in [0.717, 1.165) is 30.2 Å². The van der Waals surface area contributed by atoms with Gasteiger partial charge in [0.1, 0.15) is 5.75 Å². The molecule has 1 atom stereocenters. The molecule has 0 bridgehead atoms. The van der Waals surface area contributed by atoms with Crippen LogP contribution in [0, 0.1) is 0 Å². The summed E-state index contributed by atoms with van der Waals surface area (Å²) in [5, 5.41) is 12.1. The van der Waals surface area contributed by atoms with Gasteiger partial charge in [-0.3, -0.25) is 4.79 Å². The van der Waals surface area contributed by atoms with Gasteiger partial charge in [0.2, 0.25) is 0 Å². The first-order valence-corrected chi connectivity index (χ1v) is 10.4. The van der Waals surface area contributed by atoms with Gasteiger partial charge in [0, 0.05) is 29.4 Å². The molecule has 6 nitrogen and oxygen atoms in total. The van der Waals surface area contributed by atoms with E-state index in [0.29, 0.717) is 16.5 Å². The lowest BCUT2D eigenvalue weighted by Gasteiger charge is -2.16. The van der Waals surface area contributed by atoms with Gasteiger partial charge in [-0.1, -0.05) is 29.8 Å². The number of carbonyl (C=O) groups excluding carboxylic acids is 1. The Morgan fingerprint density at radius 2 is 1.83 bits per heavy atom. The number of hydrogen-bond donors (Lipinski definition) is 1. The molecule has 1 amide bonds. The number of nitrogens with zero attached hydrogens (tertiary/aromatic N) is 3. The third-order valence-electron chi connectivity index (χ3n) is 5.01. The number of aromatic nitrogens is 2. The highest BCUT2D eigenvalue weighted by Crippen LogP contribution is 2.23. The molecule has 1 aliphatic rings. The minimum Gasteiger partial charge on any atom is -0.481 e. The number of carbonyl (C=O) groups is 1. The van der Waals surface area contributed by atoms with Crippen LogP contribution in [0.15, 0.2) is 60.7 Å². The van der Waals surface area contributed by atoms with Crippen LogP contribution in [0.25, 0.3) is 11.3 Å². The summed E-state index contributed by atoms with van der Waals surface area (Å²) in [6.45, 7) is 3.78. The third-order valence-corrected chi connectivity index (χ3v) is 5.24. The van der Waals surface area contributed by atoms with E-state index >= 15 is 0 Å². The van der Waals surface area contributed by atoms with Gasteiger partial charge in [0.25, 0.3) is 5.91 Å². The Morgan fingerprint density at radius 3 is 2.50 bits per heavy atom. The number of ether oxygens (including phenoxy) is 1. The molecule has 0 saturated carbocycles. The van der Waals surface area contributed by atoms with Crippen molar-refractivity contribution < 1.29 is 9.53 Å². The predicted molar refractivity (Wildman–Crippen MR) is 119 cm³/mol. The number of hydrogen-bond acceptors (Lipinski definition) is 5. The molecule has 30 heavy (non-hydrogen) atoms. The highest BCUT2D eigenvalue weighted by atomic mass is 35.5. The lowest BCUT2D eigenvalue weighted by atomic mass is 10.1. The quantitative estimate of drug-likeness (QED) is 0.617. The Kier molecular flexibility index (Phi) is 6.14. The van der Waals surface area contributed by atoms with Gasteiger partial charge in [0.05, 0.1) is 5.69 Å². The van der Waals surface area contributed by atoms with Crippen LogP contribution in [0.1, 0.15) is 19.8 Å². The summed E-state index contributed by atoms with van der Waals surface area (Å²) < 4.78 is 5.66. The second-order valence-corrected chi connectivity index (χ2v) is 7.69. The van der Waals surface area contributed by atoms with Crippen molar-refractivity contribution in [2.45, 2.75) is 25.9 Å². The molecule has 2 heterocycles. The Labute approximate surface area is 180 Å². The topological polar surface area (TPSA) is 67.3 Å². The molecule has 1 saturated heterocycles. The maximum absolute atomic E-state index is 12.4. The molecule has 0 spiro atoms. The van der Waals surface area contributed by atoms with Crippen LogP contribution in [-0.4, -0.2) is 35.3 Å². The van der Waals surface area contributed by atoms with Crippen LogP contribution in [0.4, 0.5) is 11.5 Å². The van der Waals surface area contributed by atoms with Crippen molar-refractivity contribution in [3.63, 3.8) is 0 Å². The number of amides is 1. The van der Waals surface area contributed by atoms with E-state index in [9.17, 15) is 4.79 Å². The Bertz CT molecular complexity index is 1000. The largest absolute Gasteiger partial charge is 0.481 e. The first-order valence-electron chi connectivity index (χ1n) is 10.0. The van der Waals surface area contributed by atoms with Crippen molar-refractivity contribution in [1.29, 1.82) is 0 Å². The van der Waals surface area contributed by atoms with E-state index in [1.165, 1.54) is 12.8 Å². The molecule has 7 heteroatoms. The molecule has 4 rings (SSSR count). The van der Waals surface area contributed by atoms with Gasteiger partial charge in [-0.2, -0.15) is 0 Å². The first-order chi connectivity index (χ1) is 14.6. The molecular formula is C23H23ClN4O2.